The first-order valence-electron chi connectivity index (χ1n) is 3.16. The fraction of sp³-hybridized carbons (Fsp3) is 0.833. The van der Waals surface area contributed by atoms with Gasteiger partial charge in [-0.2, -0.15) is 0 Å². The van der Waals surface area contributed by atoms with Gasteiger partial charge in [-0.15, -0.1) is 0 Å². The van der Waals surface area contributed by atoms with Gasteiger partial charge in [0, 0.05) is 6.54 Å². The molecule has 0 bridgehead atoms. The fourth-order valence-electron chi connectivity index (χ4n) is 0.338. The second-order valence-corrected chi connectivity index (χ2v) is 1.43. The Balaban J connectivity index is 0. The molecule has 3 heteroatoms. The number of hydrogen-bond acceptors (Lipinski definition) is 2. The van der Waals surface area contributed by atoms with Gasteiger partial charge in [0.2, 0.25) is 6.41 Å². The second kappa shape index (κ2) is 15.7. The summed E-state index contributed by atoms with van der Waals surface area (Å²) < 4.78 is 0. The summed E-state index contributed by atoms with van der Waals surface area (Å²) in [7, 11) is 1.50. The van der Waals surface area contributed by atoms with Crippen molar-refractivity contribution < 1.29 is 4.79 Å². The number of nitrogens with one attached hydrogen (secondary N) is 1. The first-order valence-corrected chi connectivity index (χ1v) is 3.16. The van der Waals surface area contributed by atoms with Crippen LogP contribution in [0.5, 0.6) is 0 Å². The quantitative estimate of drug-likeness (QED) is 0.421. The average molecular weight is 132 g/mol. The molecule has 56 valence electrons. The fourth-order valence-corrected chi connectivity index (χ4v) is 0.338. The minimum absolute atomic E-state index is 0.732. The van der Waals surface area contributed by atoms with Crippen molar-refractivity contribution in [3.05, 3.63) is 0 Å². The van der Waals surface area contributed by atoms with E-state index in [2.05, 4.69) is 18.0 Å². The zero-order valence-electron chi connectivity index (χ0n) is 6.18. The highest BCUT2D eigenvalue weighted by Crippen LogP contribution is 1.79. The molecule has 3 N–H and O–H groups in total. The number of carbonyl (C=O) groups excluding carboxylic acids is 1. The summed E-state index contributed by atoms with van der Waals surface area (Å²) >= 11 is 0. The van der Waals surface area contributed by atoms with Crippen LogP contribution in [-0.4, -0.2) is 20.0 Å². The number of hydrogen-bond donors (Lipinski definition) is 2. The van der Waals surface area contributed by atoms with E-state index in [4.69, 9.17) is 0 Å². The van der Waals surface area contributed by atoms with E-state index in [1.165, 1.54) is 7.05 Å². The zero-order chi connectivity index (χ0) is 7.54. The molecule has 0 aliphatic heterocycles. The van der Waals surface area contributed by atoms with Crippen molar-refractivity contribution >= 4 is 6.41 Å². The molecule has 0 aromatic heterocycles. The number of nitrogens with two attached hydrogens (primary N) is 1. The molecule has 0 atom stereocenters. The second-order valence-electron chi connectivity index (χ2n) is 1.43. The predicted octanol–water partition coefficient (Wildman–Crippen LogP) is 0.107. The molecule has 0 fully saturated rings. The molecule has 0 aliphatic rings. The Morgan fingerprint density at radius 1 is 1.56 bits per heavy atom. The van der Waals surface area contributed by atoms with Gasteiger partial charge in [-0.05, 0) is 13.5 Å². The van der Waals surface area contributed by atoms with E-state index in [1.807, 2.05) is 0 Å². The maximum atomic E-state index is 9.57. The van der Waals surface area contributed by atoms with E-state index < -0.39 is 0 Å². The highest BCUT2D eigenvalue weighted by Gasteiger charge is 1.76. The average Bonchev–Trinajstić information content (AvgIpc) is 1.94. The number of unbranched alkanes of at least 4 members (excludes halogenated alkanes) is 1. The summed E-state index contributed by atoms with van der Waals surface area (Å²) in [6.07, 6.45) is 2.95. The lowest BCUT2D eigenvalue weighted by Crippen LogP contribution is -2.11. The van der Waals surface area contributed by atoms with Gasteiger partial charge < -0.3 is 11.1 Å². The largest absolute Gasteiger partial charge is 0.359 e. The Morgan fingerprint density at radius 3 is 2.44 bits per heavy atom. The molecule has 0 aliphatic carbocycles. The summed E-state index contributed by atoms with van der Waals surface area (Å²) in [5, 5.41) is 2.57. The van der Waals surface area contributed by atoms with E-state index in [9.17, 15) is 4.79 Å². The van der Waals surface area contributed by atoms with Crippen LogP contribution in [0, 0.1) is 0 Å². The molecule has 0 saturated carbocycles. The monoisotopic (exact) mass is 132 g/mol. The van der Waals surface area contributed by atoms with E-state index >= 15 is 0 Å². The summed E-state index contributed by atoms with van der Waals surface area (Å²) in [4.78, 5) is 9.57. The van der Waals surface area contributed by atoms with Gasteiger partial charge in [-0.1, -0.05) is 13.3 Å². The minimum Gasteiger partial charge on any atom is -0.359 e. The normalized spacial score (nSPS) is 7.00. The van der Waals surface area contributed by atoms with Crippen molar-refractivity contribution in [3.8, 4) is 0 Å². The van der Waals surface area contributed by atoms with E-state index in [-0.39, 0.29) is 0 Å². The summed E-state index contributed by atoms with van der Waals surface area (Å²) in [6, 6.07) is 0. The lowest BCUT2D eigenvalue weighted by Gasteiger charge is -1.90. The van der Waals surface area contributed by atoms with Gasteiger partial charge in [0.15, 0.2) is 0 Å². The van der Waals surface area contributed by atoms with Crippen LogP contribution in [0.25, 0.3) is 0 Å². The molecular weight excluding hydrogens is 116 g/mol. The maximum Gasteiger partial charge on any atom is 0.207 e. The molecule has 1 amide bonds. The molecule has 0 heterocycles. The summed E-state index contributed by atoms with van der Waals surface area (Å²) in [5.74, 6) is 0. The van der Waals surface area contributed by atoms with Crippen LogP contribution in [0.1, 0.15) is 19.8 Å². The van der Waals surface area contributed by atoms with Crippen LogP contribution in [0.3, 0.4) is 0 Å². The zero-order valence-corrected chi connectivity index (χ0v) is 6.18. The highest BCUT2D eigenvalue weighted by molar-refractivity contribution is 5.45. The van der Waals surface area contributed by atoms with Crippen molar-refractivity contribution in [1.82, 2.24) is 5.32 Å². The minimum atomic E-state index is 0.732. The molecule has 9 heavy (non-hydrogen) atoms. The van der Waals surface area contributed by atoms with Gasteiger partial charge in [0.05, 0.1) is 0 Å². The number of rotatable bonds is 4. The van der Waals surface area contributed by atoms with Gasteiger partial charge in [0.25, 0.3) is 0 Å². The molecule has 0 radical (unpaired) electrons. The van der Waals surface area contributed by atoms with Crippen molar-refractivity contribution in [2.75, 3.05) is 13.6 Å². The lowest BCUT2D eigenvalue weighted by atomic mass is 10.3. The highest BCUT2D eigenvalue weighted by atomic mass is 16.1. The van der Waals surface area contributed by atoms with E-state index in [0.717, 1.165) is 25.8 Å². The van der Waals surface area contributed by atoms with Crippen LogP contribution in [0.15, 0.2) is 0 Å². The van der Waals surface area contributed by atoms with Crippen LogP contribution >= 0.6 is 0 Å². The third-order valence-corrected chi connectivity index (χ3v) is 0.758. The maximum absolute atomic E-state index is 9.57. The Labute approximate surface area is 56.6 Å². The van der Waals surface area contributed by atoms with Crippen molar-refractivity contribution in [1.29, 1.82) is 0 Å². The number of amides is 1. The first kappa shape index (κ1) is 11.3. The van der Waals surface area contributed by atoms with Crippen molar-refractivity contribution in [3.63, 3.8) is 0 Å². The molecule has 0 rings (SSSR count). The first-order chi connectivity index (χ1) is 4.41. The molecule has 0 aromatic carbocycles. The van der Waals surface area contributed by atoms with Gasteiger partial charge in [-0.3, -0.25) is 4.79 Å². The Kier molecular flexibility index (Phi) is 19.6. The lowest BCUT2D eigenvalue weighted by molar-refractivity contribution is -0.109. The van der Waals surface area contributed by atoms with Crippen molar-refractivity contribution in [2.45, 2.75) is 19.8 Å². The Hall–Kier alpha value is -0.570. The third kappa shape index (κ3) is 18.6. The topological polar surface area (TPSA) is 55.1 Å². The van der Waals surface area contributed by atoms with Crippen LogP contribution in [0.4, 0.5) is 0 Å². The standard InChI is InChI=1S/C5H11NO.CH5N/c1-2-3-4-6-5-7;1-2/h5H,2-4H2,1H3,(H,6,7);2H2,1H3. The molecular formula is C6H16N2O. The smallest absolute Gasteiger partial charge is 0.207 e. The molecule has 3 nitrogen and oxygen atoms in total. The van der Waals surface area contributed by atoms with E-state index in [1.54, 1.807) is 0 Å². The third-order valence-electron chi connectivity index (χ3n) is 0.758. The van der Waals surface area contributed by atoms with Crippen LogP contribution in [-0.2, 0) is 4.79 Å². The summed E-state index contributed by atoms with van der Waals surface area (Å²) in [6.45, 7) is 2.91. The van der Waals surface area contributed by atoms with E-state index in [0.29, 0.717) is 0 Å². The van der Waals surface area contributed by atoms with Gasteiger partial charge in [0.1, 0.15) is 0 Å². The number of carbonyl (C=O) groups is 1. The van der Waals surface area contributed by atoms with Crippen LogP contribution < -0.4 is 11.1 Å². The van der Waals surface area contributed by atoms with Crippen molar-refractivity contribution in [2.24, 2.45) is 5.73 Å². The molecule has 0 spiro atoms. The van der Waals surface area contributed by atoms with Gasteiger partial charge >= 0.3 is 0 Å². The Morgan fingerprint density at radius 2 is 2.11 bits per heavy atom. The predicted molar refractivity (Wildman–Crippen MR) is 39.1 cm³/mol. The summed E-state index contributed by atoms with van der Waals surface area (Å²) in [5.41, 5.74) is 4.50. The van der Waals surface area contributed by atoms with Gasteiger partial charge in [-0.25, -0.2) is 0 Å². The SMILES string of the molecule is CCCCNC=O.CN. The van der Waals surface area contributed by atoms with Crippen LogP contribution in [0.2, 0.25) is 0 Å². The molecule has 0 aromatic rings. The molecule has 0 unspecified atom stereocenters. The molecule has 0 saturated heterocycles. The Bertz CT molecular complexity index is 48.3.